The van der Waals surface area contributed by atoms with Crippen molar-refractivity contribution in [1.82, 2.24) is 15.5 Å². The number of nitrogens with zero attached hydrogens (tertiary/aromatic N) is 1. The van der Waals surface area contributed by atoms with E-state index in [-0.39, 0.29) is 25.8 Å². The molecule has 0 aliphatic carbocycles. The number of carbonyl (C=O) groups is 6. The molecular weight excluding hydrogens is 454 g/mol. The summed E-state index contributed by atoms with van der Waals surface area (Å²) in [5.41, 5.74) is 11.1. The highest BCUT2D eigenvalue weighted by molar-refractivity contribution is 5.95. The summed E-state index contributed by atoms with van der Waals surface area (Å²) in [5, 5.41) is 31.9. The smallest absolute Gasteiger partial charge is 0.326 e. The molecule has 0 saturated carbocycles. The first-order valence-corrected chi connectivity index (χ1v) is 11.0. The first kappa shape index (κ1) is 28.8. The highest BCUT2D eigenvalue weighted by Gasteiger charge is 2.38. The Kier molecular flexibility index (Phi) is 11.9. The van der Waals surface area contributed by atoms with Crippen LogP contribution in [0.3, 0.4) is 0 Å². The highest BCUT2D eigenvalue weighted by atomic mass is 16.4. The average Bonchev–Trinajstić information content (AvgIpc) is 3.25. The Bertz CT molecular complexity index is 776. The van der Waals surface area contributed by atoms with Gasteiger partial charge in [-0.3, -0.25) is 24.0 Å². The van der Waals surface area contributed by atoms with Crippen LogP contribution >= 0.6 is 0 Å². The Morgan fingerprint density at radius 3 is 2.12 bits per heavy atom. The molecule has 4 unspecified atom stereocenters. The lowest BCUT2D eigenvalue weighted by Gasteiger charge is -2.28. The first-order chi connectivity index (χ1) is 16.0. The second-order valence-corrected chi connectivity index (χ2v) is 8.07. The molecule has 1 fully saturated rings. The molecule has 0 radical (unpaired) electrons. The molecule has 1 saturated heterocycles. The number of rotatable bonds is 15. The van der Waals surface area contributed by atoms with E-state index in [4.69, 9.17) is 21.7 Å². The molecule has 14 heteroatoms. The van der Waals surface area contributed by atoms with Crippen LogP contribution in [-0.2, 0) is 28.8 Å². The zero-order valence-corrected chi connectivity index (χ0v) is 18.8. The summed E-state index contributed by atoms with van der Waals surface area (Å²) in [7, 11) is 0. The summed E-state index contributed by atoms with van der Waals surface area (Å²) in [6, 6.07) is -5.04. The van der Waals surface area contributed by atoms with Gasteiger partial charge in [-0.25, -0.2) is 4.79 Å². The number of likely N-dealkylation sites (tertiary alicyclic amines) is 1. The Labute approximate surface area is 196 Å². The number of amides is 3. The van der Waals surface area contributed by atoms with Gasteiger partial charge in [0, 0.05) is 13.0 Å². The lowest BCUT2D eigenvalue weighted by Crippen LogP contribution is -2.57. The minimum absolute atomic E-state index is 0.135. The normalized spacial score (nSPS) is 17.9. The van der Waals surface area contributed by atoms with Gasteiger partial charge in [0.25, 0.3) is 0 Å². The topological polar surface area (TPSA) is 242 Å². The van der Waals surface area contributed by atoms with Crippen molar-refractivity contribution in [2.24, 2.45) is 11.5 Å². The Balaban J connectivity index is 2.97. The summed E-state index contributed by atoms with van der Waals surface area (Å²) in [4.78, 5) is 72.7. The summed E-state index contributed by atoms with van der Waals surface area (Å²) < 4.78 is 0. The second kappa shape index (κ2) is 14.1. The Hall–Kier alpha value is -3.26. The van der Waals surface area contributed by atoms with Gasteiger partial charge in [0.05, 0.1) is 12.5 Å². The van der Waals surface area contributed by atoms with Gasteiger partial charge in [0.1, 0.15) is 18.1 Å². The molecule has 0 spiro atoms. The molecular formula is C20H33N5O9. The number of hydrogen-bond donors (Lipinski definition) is 7. The predicted molar refractivity (Wildman–Crippen MR) is 116 cm³/mol. The van der Waals surface area contributed by atoms with E-state index in [1.165, 1.54) is 4.90 Å². The first-order valence-electron chi connectivity index (χ1n) is 11.0. The van der Waals surface area contributed by atoms with E-state index in [1.54, 1.807) is 0 Å². The SMILES string of the molecule is NCCCCC(NC(=O)C(CC(=O)O)NC(=O)C(N)CCC(=O)O)C(=O)N1CCCC1C(=O)O. The van der Waals surface area contributed by atoms with Gasteiger partial charge >= 0.3 is 17.9 Å². The van der Waals surface area contributed by atoms with Crippen LogP contribution in [-0.4, -0.2) is 93.1 Å². The van der Waals surface area contributed by atoms with E-state index in [0.29, 0.717) is 25.8 Å². The number of hydrogen-bond acceptors (Lipinski definition) is 8. The van der Waals surface area contributed by atoms with Crippen LogP contribution in [0.2, 0.25) is 0 Å². The number of nitrogens with one attached hydrogen (secondary N) is 2. The quantitative estimate of drug-likeness (QED) is 0.122. The number of carboxylic acids is 3. The van der Waals surface area contributed by atoms with Crippen molar-refractivity contribution in [3.05, 3.63) is 0 Å². The molecule has 0 aromatic rings. The second-order valence-electron chi connectivity index (χ2n) is 8.07. The van der Waals surface area contributed by atoms with Crippen LogP contribution in [0.1, 0.15) is 51.4 Å². The van der Waals surface area contributed by atoms with E-state index < -0.39 is 72.6 Å². The van der Waals surface area contributed by atoms with Gasteiger partial charge in [0.2, 0.25) is 17.7 Å². The van der Waals surface area contributed by atoms with E-state index in [2.05, 4.69) is 10.6 Å². The molecule has 1 aliphatic rings. The fourth-order valence-electron chi connectivity index (χ4n) is 3.58. The zero-order chi connectivity index (χ0) is 25.8. The largest absolute Gasteiger partial charge is 0.481 e. The van der Waals surface area contributed by atoms with Crippen molar-refractivity contribution in [2.75, 3.05) is 13.1 Å². The van der Waals surface area contributed by atoms with Gasteiger partial charge < -0.3 is 42.3 Å². The van der Waals surface area contributed by atoms with E-state index in [1.807, 2.05) is 0 Å². The van der Waals surface area contributed by atoms with Crippen molar-refractivity contribution >= 4 is 35.6 Å². The summed E-state index contributed by atoms with van der Waals surface area (Å²) in [6.45, 7) is 0.537. The molecule has 9 N–H and O–H groups in total. The van der Waals surface area contributed by atoms with Gasteiger partial charge in [0.15, 0.2) is 0 Å². The van der Waals surface area contributed by atoms with Crippen LogP contribution in [0.4, 0.5) is 0 Å². The molecule has 3 amide bonds. The minimum atomic E-state index is -1.58. The third-order valence-corrected chi connectivity index (χ3v) is 5.40. The molecule has 34 heavy (non-hydrogen) atoms. The van der Waals surface area contributed by atoms with Gasteiger partial charge in [-0.2, -0.15) is 0 Å². The molecule has 1 rings (SSSR count). The van der Waals surface area contributed by atoms with E-state index in [0.717, 1.165) is 0 Å². The molecule has 1 aliphatic heterocycles. The van der Waals surface area contributed by atoms with E-state index in [9.17, 15) is 33.9 Å². The zero-order valence-electron chi connectivity index (χ0n) is 18.8. The fourth-order valence-corrected chi connectivity index (χ4v) is 3.58. The minimum Gasteiger partial charge on any atom is -0.481 e. The molecule has 0 aromatic carbocycles. The highest BCUT2D eigenvalue weighted by Crippen LogP contribution is 2.20. The van der Waals surface area contributed by atoms with Crippen LogP contribution in [0, 0.1) is 0 Å². The van der Waals surface area contributed by atoms with Crippen molar-refractivity contribution < 1.29 is 44.1 Å². The summed E-state index contributed by atoms with van der Waals surface area (Å²) in [5.74, 6) is -6.24. The lowest BCUT2D eigenvalue weighted by atomic mass is 10.1. The van der Waals surface area contributed by atoms with Crippen molar-refractivity contribution in [1.29, 1.82) is 0 Å². The van der Waals surface area contributed by atoms with Gasteiger partial charge in [-0.1, -0.05) is 0 Å². The number of carboxylic acid groups (broad SMARTS) is 3. The molecule has 192 valence electrons. The molecule has 4 atom stereocenters. The van der Waals surface area contributed by atoms with Crippen molar-refractivity contribution in [2.45, 2.75) is 75.5 Å². The standard InChI is InChI=1S/C20H33N5O9/c21-8-2-1-4-12(19(32)25-9-3-5-14(25)20(33)34)23-18(31)13(10-16(28)29)24-17(30)11(22)6-7-15(26)27/h11-14H,1-10,21-22H2,(H,23,31)(H,24,30)(H,26,27)(H,28,29)(H,33,34). The molecule has 0 bridgehead atoms. The third kappa shape index (κ3) is 9.31. The summed E-state index contributed by atoms with van der Waals surface area (Å²) >= 11 is 0. The van der Waals surface area contributed by atoms with Gasteiger partial charge in [-0.15, -0.1) is 0 Å². The molecule has 0 aromatic heterocycles. The Morgan fingerprint density at radius 1 is 0.912 bits per heavy atom. The number of nitrogens with two attached hydrogens (primary N) is 2. The average molecular weight is 488 g/mol. The monoisotopic (exact) mass is 487 g/mol. The van der Waals surface area contributed by atoms with Crippen molar-refractivity contribution in [3.8, 4) is 0 Å². The van der Waals surface area contributed by atoms with Crippen molar-refractivity contribution in [3.63, 3.8) is 0 Å². The van der Waals surface area contributed by atoms with Crippen LogP contribution in [0.5, 0.6) is 0 Å². The lowest BCUT2D eigenvalue weighted by molar-refractivity contribution is -0.149. The maximum atomic E-state index is 13.1. The Morgan fingerprint density at radius 2 is 1.56 bits per heavy atom. The van der Waals surface area contributed by atoms with Crippen LogP contribution < -0.4 is 22.1 Å². The predicted octanol–water partition coefficient (Wildman–Crippen LogP) is -2.17. The number of aliphatic carboxylic acids is 3. The number of unbranched alkanes of at least 4 members (excludes halogenated alkanes) is 1. The summed E-state index contributed by atoms with van der Waals surface area (Å²) in [6.07, 6.45) is 0.431. The van der Waals surface area contributed by atoms with Gasteiger partial charge in [-0.05, 0) is 45.1 Å². The fraction of sp³-hybridized carbons (Fsp3) is 0.700. The molecule has 14 nitrogen and oxygen atoms in total. The third-order valence-electron chi connectivity index (χ3n) is 5.40. The van der Waals surface area contributed by atoms with E-state index >= 15 is 0 Å². The van der Waals surface area contributed by atoms with Crippen LogP contribution in [0.25, 0.3) is 0 Å². The number of carbonyl (C=O) groups excluding carboxylic acids is 3. The maximum Gasteiger partial charge on any atom is 0.326 e. The maximum absolute atomic E-state index is 13.1. The molecule has 1 heterocycles. The van der Waals surface area contributed by atoms with Crippen LogP contribution in [0.15, 0.2) is 0 Å².